The van der Waals surface area contributed by atoms with Crippen molar-refractivity contribution in [2.75, 3.05) is 25.5 Å². The second kappa shape index (κ2) is 8.38. The largest absolute Gasteiger partial charge is 0.368 e. The van der Waals surface area contributed by atoms with Gasteiger partial charge in [-0.3, -0.25) is 0 Å². The highest BCUT2D eigenvalue weighted by Gasteiger charge is 2.08. The third kappa shape index (κ3) is 4.14. The van der Waals surface area contributed by atoms with Crippen molar-refractivity contribution in [3.8, 4) is 0 Å². The fourth-order valence-corrected chi connectivity index (χ4v) is 3.22. The van der Waals surface area contributed by atoms with Crippen LogP contribution in [0.2, 0.25) is 5.02 Å². The van der Waals surface area contributed by atoms with E-state index in [4.69, 9.17) is 21.6 Å². The van der Waals surface area contributed by atoms with Gasteiger partial charge in [-0.25, -0.2) is 9.97 Å². The highest BCUT2D eigenvalue weighted by atomic mass is 35.5. The van der Waals surface area contributed by atoms with Gasteiger partial charge in [0.05, 0.1) is 5.52 Å². The molecular weight excluding hydrogens is 368 g/mol. The van der Waals surface area contributed by atoms with Gasteiger partial charge in [0.25, 0.3) is 0 Å². The van der Waals surface area contributed by atoms with Gasteiger partial charge in [0.1, 0.15) is 5.82 Å². The average molecular weight is 389 g/mol. The Morgan fingerprint density at radius 2 is 1.64 bits per heavy atom. The molecule has 4 nitrogen and oxygen atoms in total. The normalized spacial score (nSPS) is 11.5. The van der Waals surface area contributed by atoms with Gasteiger partial charge in [0.15, 0.2) is 5.82 Å². The lowest BCUT2D eigenvalue weighted by molar-refractivity contribution is 0.821. The molecule has 4 rings (SSSR count). The predicted octanol–water partition coefficient (Wildman–Crippen LogP) is 5.24. The first-order chi connectivity index (χ1) is 13.7. The van der Waals surface area contributed by atoms with Gasteiger partial charge in [-0.05, 0) is 53.7 Å². The van der Waals surface area contributed by atoms with Crippen molar-refractivity contribution in [3.05, 3.63) is 77.1 Å². The molecule has 0 bridgehead atoms. The van der Waals surface area contributed by atoms with Gasteiger partial charge in [0, 0.05) is 23.5 Å². The Bertz CT molecular complexity index is 1140. The monoisotopic (exact) mass is 388 g/mol. The van der Waals surface area contributed by atoms with E-state index in [0.717, 1.165) is 40.4 Å². The molecule has 0 aliphatic heterocycles. The van der Waals surface area contributed by atoms with Gasteiger partial charge < -0.3 is 10.6 Å². The summed E-state index contributed by atoms with van der Waals surface area (Å²) in [5.41, 5.74) is 1.98. The van der Waals surface area contributed by atoms with E-state index in [0.29, 0.717) is 5.82 Å². The third-order valence-corrected chi connectivity index (χ3v) is 4.79. The number of nitrogens with one attached hydrogen (secondary N) is 2. The molecule has 1 heterocycles. The Morgan fingerprint density at radius 3 is 2.39 bits per heavy atom. The van der Waals surface area contributed by atoms with E-state index in [-0.39, 0.29) is 0 Å². The molecule has 3 aromatic carbocycles. The first kappa shape index (κ1) is 18.4. The molecule has 0 spiro atoms. The van der Waals surface area contributed by atoms with E-state index in [1.807, 2.05) is 55.6 Å². The Kier molecular flexibility index (Phi) is 5.51. The number of halogens is 1. The van der Waals surface area contributed by atoms with E-state index in [2.05, 4.69) is 34.9 Å². The standard InChI is InChI=1S/C23H21ClN4/c1-25-12-13-26-23-20-14-17-4-2-3-5-18(17)15-21(20)27-22(28-23)11-8-16-6-9-19(24)10-7-16/h2-11,14-15,25H,12-13H2,1H3,(H,26,27,28)/b11-8+. The Hall–Kier alpha value is -2.95. The molecule has 0 aliphatic rings. The third-order valence-electron chi connectivity index (χ3n) is 4.54. The number of benzene rings is 3. The van der Waals surface area contributed by atoms with Crippen LogP contribution in [0.5, 0.6) is 0 Å². The molecule has 4 aromatic rings. The van der Waals surface area contributed by atoms with Gasteiger partial charge >= 0.3 is 0 Å². The lowest BCUT2D eigenvalue weighted by Crippen LogP contribution is -2.18. The van der Waals surface area contributed by atoms with Crippen LogP contribution in [-0.2, 0) is 0 Å². The van der Waals surface area contributed by atoms with Crippen molar-refractivity contribution in [1.29, 1.82) is 0 Å². The summed E-state index contributed by atoms with van der Waals surface area (Å²) in [6, 6.07) is 20.3. The fraction of sp³-hybridized carbons (Fsp3) is 0.130. The number of likely N-dealkylation sites (N-methyl/N-ethyl adjacent to an activating group) is 1. The summed E-state index contributed by atoms with van der Waals surface area (Å²) in [5, 5.41) is 10.7. The summed E-state index contributed by atoms with van der Waals surface area (Å²) < 4.78 is 0. The molecule has 0 unspecified atom stereocenters. The fourth-order valence-electron chi connectivity index (χ4n) is 3.09. The van der Waals surface area contributed by atoms with Crippen LogP contribution in [0.25, 0.3) is 33.8 Å². The summed E-state index contributed by atoms with van der Waals surface area (Å²) in [7, 11) is 1.94. The van der Waals surface area contributed by atoms with Crippen molar-refractivity contribution in [1.82, 2.24) is 15.3 Å². The van der Waals surface area contributed by atoms with E-state index in [9.17, 15) is 0 Å². The Labute approximate surface area is 169 Å². The zero-order valence-electron chi connectivity index (χ0n) is 15.6. The van der Waals surface area contributed by atoms with E-state index < -0.39 is 0 Å². The minimum absolute atomic E-state index is 0.671. The van der Waals surface area contributed by atoms with Crippen molar-refractivity contribution in [3.63, 3.8) is 0 Å². The lowest BCUT2D eigenvalue weighted by Gasteiger charge is -2.11. The number of fused-ring (bicyclic) bond motifs is 2. The molecule has 0 fully saturated rings. The zero-order valence-corrected chi connectivity index (χ0v) is 16.4. The molecular formula is C23H21ClN4. The molecule has 0 saturated carbocycles. The van der Waals surface area contributed by atoms with Crippen molar-refractivity contribution < 1.29 is 0 Å². The van der Waals surface area contributed by atoms with Crippen LogP contribution in [0.1, 0.15) is 11.4 Å². The molecule has 28 heavy (non-hydrogen) atoms. The first-order valence-corrected chi connectivity index (χ1v) is 9.63. The number of hydrogen-bond donors (Lipinski definition) is 2. The molecule has 0 amide bonds. The highest BCUT2D eigenvalue weighted by molar-refractivity contribution is 6.30. The van der Waals surface area contributed by atoms with E-state index in [1.165, 1.54) is 10.8 Å². The summed E-state index contributed by atoms with van der Waals surface area (Å²) in [5.74, 6) is 1.52. The maximum Gasteiger partial charge on any atom is 0.154 e. The second-order valence-electron chi connectivity index (χ2n) is 6.56. The van der Waals surface area contributed by atoms with Crippen LogP contribution in [0.3, 0.4) is 0 Å². The van der Waals surface area contributed by atoms with E-state index in [1.54, 1.807) is 0 Å². The second-order valence-corrected chi connectivity index (χ2v) is 7.00. The molecule has 140 valence electrons. The number of rotatable bonds is 6. The highest BCUT2D eigenvalue weighted by Crippen LogP contribution is 2.26. The average Bonchev–Trinajstić information content (AvgIpc) is 2.72. The van der Waals surface area contributed by atoms with Crippen LogP contribution >= 0.6 is 11.6 Å². The number of hydrogen-bond acceptors (Lipinski definition) is 4. The van der Waals surface area contributed by atoms with Gasteiger partial charge in [-0.2, -0.15) is 0 Å². The summed E-state index contributed by atoms with van der Waals surface area (Å²) in [6.45, 7) is 1.64. The van der Waals surface area contributed by atoms with Crippen LogP contribution in [0.4, 0.5) is 5.82 Å². The molecule has 2 N–H and O–H groups in total. The van der Waals surface area contributed by atoms with Crippen LogP contribution < -0.4 is 10.6 Å². The van der Waals surface area contributed by atoms with Gasteiger partial charge in [-0.15, -0.1) is 0 Å². The van der Waals surface area contributed by atoms with Gasteiger partial charge in [0.2, 0.25) is 0 Å². The zero-order chi connectivity index (χ0) is 19.3. The minimum atomic E-state index is 0.671. The van der Waals surface area contributed by atoms with Gasteiger partial charge in [-0.1, -0.05) is 54.1 Å². The van der Waals surface area contributed by atoms with E-state index >= 15 is 0 Å². The number of aromatic nitrogens is 2. The quantitative estimate of drug-likeness (QED) is 0.350. The van der Waals surface area contributed by atoms with Crippen LogP contribution in [0, 0.1) is 0 Å². The molecule has 1 aromatic heterocycles. The SMILES string of the molecule is CNCCNc1nc(/C=C/c2ccc(Cl)cc2)nc2cc3ccccc3cc12. The molecule has 0 radical (unpaired) electrons. The smallest absolute Gasteiger partial charge is 0.154 e. The lowest BCUT2D eigenvalue weighted by atomic mass is 10.1. The summed E-state index contributed by atoms with van der Waals surface area (Å²) in [4.78, 5) is 9.52. The van der Waals surface area contributed by atoms with Crippen molar-refractivity contribution >= 4 is 51.2 Å². The predicted molar refractivity (Wildman–Crippen MR) is 120 cm³/mol. The molecule has 0 aliphatic carbocycles. The summed E-state index contributed by atoms with van der Waals surface area (Å²) >= 11 is 5.96. The molecule has 0 atom stereocenters. The minimum Gasteiger partial charge on any atom is -0.368 e. The van der Waals surface area contributed by atoms with Crippen LogP contribution in [0.15, 0.2) is 60.7 Å². The number of anilines is 1. The van der Waals surface area contributed by atoms with Crippen LogP contribution in [-0.4, -0.2) is 30.1 Å². The summed E-state index contributed by atoms with van der Waals surface area (Å²) in [6.07, 6.45) is 3.93. The Morgan fingerprint density at radius 1 is 0.893 bits per heavy atom. The maximum atomic E-state index is 5.96. The van der Waals surface area contributed by atoms with Crippen molar-refractivity contribution in [2.24, 2.45) is 0 Å². The number of nitrogens with zero attached hydrogens (tertiary/aromatic N) is 2. The molecule has 5 heteroatoms. The van der Waals surface area contributed by atoms with Crippen molar-refractivity contribution in [2.45, 2.75) is 0 Å². The topological polar surface area (TPSA) is 49.8 Å². The maximum absolute atomic E-state index is 5.96. The Balaban J connectivity index is 1.77. The first-order valence-electron chi connectivity index (χ1n) is 9.25. The molecule has 0 saturated heterocycles.